The monoisotopic (exact) mass is 367 g/mol. The predicted octanol–water partition coefficient (Wildman–Crippen LogP) is 2.08. The van der Waals surface area contributed by atoms with Crippen molar-refractivity contribution in [2.75, 3.05) is 12.5 Å². The standard InChI is InChI=1S/C20H21N3O4/c1-13(24)17-21-16-12-8-7-11-15(16)18(25)23(17)22-20(2,19(26)27-3)14-9-5-4-6-10-14/h4-13,22,24H,1-3H3/t13-,20+/m0/s1. The Bertz CT molecular complexity index is 1030. The Kier molecular flexibility index (Phi) is 4.96. The number of hydrogen-bond donors (Lipinski definition) is 2. The summed E-state index contributed by atoms with van der Waals surface area (Å²) in [5, 5.41) is 10.5. The van der Waals surface area contributed by atoms with Crippen LogP contribution in [0.5, 0.6) is 0 Å². The zero-order valence-corrected chi connectivity index (χ0v) is 15.3. The van der Waals surface area contributed by atoms with Gasteiger partial charge in [-0.05, 0) is 31.5 Å². The molecule has 1 aromatic heterocycles. The lowest BCUT2D eigenvalue weighted by Gasteiger charge is -2.31. The fraction of sp³-hybridized carbons (Fsp3) is 0.250. The number of hydrogen-bond acceptors (Lipinski definition) is 6. The molecule has 140 valence electrons. The average molecular weight is 367 g/mol. The Morgan fingerprint density at radius 3 is 2.44 bits per heavy atom. The fourth-order valence-corrected chi connectivity index (χ4v) is 2.97. The Balaban J connectivity index is 2.24. The van der Waals surface area contributed by atoms with Crippen molar-refractivity contribution in [3.63, 3.8) is 0 Å². The van der Waals surface area contributed by atoms with Crippen molar-refractivity contribution in [3.8, 4) is 0 Å². The molecule has 0 unspecified atom stereocenters. The van der Waals surface area contributed by atoms with Crippen LogP contribution < -0.4 is 11.0 Å². The quantitative estimate of drug-likeness (QED) is 0.671. The number of carbonyl (C=O) groups is 1. The number of ether oxygens (including phenoxy) is 1. The Morgan fingerprint density at radius 1 is 1.19 bits per heavy atom. The number of esters is 1. The van der Waals surface area contributed by atoms with E-state index in [2.05, 4.69) is 10.4 Å². The van der Waals surface area contributed by atoms with E-state index in [1.807, 2.05) is 6.07 Å². The van der Waals surface area contributed by atoms with Crippen LogP contribution >= 0.6 is 0 Å². The molecule has 7 heteroatoms. The Hall–Kier alpha value is -3.19. The van der Waals surface area contributed by atoms with E-state index in [1.54, 1.807) is 55.5 Å². The summed E-state index contributed by atoms with van der Waals surface area (Å²) >= 11 is 0. The molecule has 0 bridgehead atoms. The van der Waals surface area contributed by atoms with Crippen LogP contribution in [0.3, 0.4) is 0 Å². The molecular weight excluding hydrogens is 346 g/mol. The molecule has 0 saturated heterocycles. The Labute approximate surface area is 156 Å². The van der Waals surface area contributed by atoms with Crippen molar-refractivity contribution in [1.82, 2.24) is 9.66 Å². The van der Waals surface area contributed by atoms with E-state index >= 15 is 0 Å². The molecule has 2 aromatic carbocycles. The van der Waals surface area contributed by atoms with Gasteiger partial charge in [-0.15, -0.1) is 0 Å². The maximum Gasteiger partial charge on any atom is 0.337 e. The first-order valence-electron chi connectivity index (χ1n) is 8.50. The molecule has 0 radical (unpaired) electrons. The third kappa shape index (κ3) is 3.29. The number of fused-ring (bicyclic) bond motifs is 1. The van der Waals surface area contributed by atoms with Crippen molar-refractivity contribution in [1.29, 1.82) is 0 Å². The second-order valence-electron chi connectivity index (χ2n) is 6.40. The average Bonchev–Trinajstić information content (AvgIpc) is 2.69. The largest absolute Gasteiger partial charge is 0.467 e. The van der Waals surface area contributed by atoms with Crippen LogP contribution in [0, 0.1) is 0 Å². The number of aromatic nitrogens is 2. The highest BCUT2D eigenvalue weighted by Crippen LogP contribution is 2.24. The SMILES string of the molecule is COC(=O)[C@](C)(Nn1c([C@H](C)O)nc2ccccc2c1=O)c1ccccc1. The number of nitrogens with one attached hydrogen (secondary N) is 1. The molecule has 2 atom stereocenters. The van der Waals surface area contributed by atoms with Gasteiger partial charge in [0.2, 0.25) is 0 Å². The number of carbonyl (C=O) groups excluding carboxylic acids is 1. The lowest BCUT2D eigenvalue weighted by Crippen LogP contribution is -2.50. The molecule has 1 heterocycles. The van der Waals surface area contributed by atoms with Gasteiger partial charge in [0.15, 0.2) is 11.4 Å². The van der Waals surface area contributed by atoms with E-state index in [1.165, 1.54) is 14.0 Å². The molecule has 0 saturated carbocycles. The van der Waals surface area contributed by atoms with Crippen molar-refractivity contribution in [2.45, 2.75) is 25.5 Å². The van der Waals surface area contributed by atoms with E-state index in [9.17, 15) is 14.7 Å². The van der Waals surface area contributed by atoms with Gasteiger partial charge in [-0.3, -0.25) is 10.2 Å². The zero-order valence-electron chi connectivity index (χ0n) is 15.3. The molecule has 0 aliphatic rings. The van der Waals surface area contributed by atoms with Crippen molar-refractivity contribution in [2.24, 2.45) is 0 Å². The first kappa shape index (κ1) is 18.6. The van der Waals surface area contributed by atoms with E-state index in [0.717, 1.165) is 4.68 Å². The fourth-order valence-electron chi connectivity index (χ4n) is 2.97. The summed E-state index contributed by atoms with van der Waals surface area (Å²) in [7, 11) is 1.28. The number of rotatable bonds is 5. The summed E-state index contributed by atoms with van der Waals surface area (Å²) in [6.45, 7) is 3.12. The molecule has 0 spiro atoms. The van der Waals surface area contributed by atoms with E-state index < -0.39 is 23.2 Å². The van der Waals surface area contributed by atoms with Crippen molar-refractivity contribution < 1.29 is 14.6 Å². The molecule has 7 nitrogen and oxygen atoms in total. The van der Waals surface area contributed by atoms with Gasteiger partial charge < -0.3 is 9.84 Å². The van der Waals surface area contributed by atoms with Gasteiger partial charge >= 0.3 is 5.97 Å². The zero-order chi connectivity index (χ0) is 19.6. The molecule has 27 heavy (non-hydrogen) atoms. The summed E-state index contributed by atoms with van der Waals surface area (Å²) in [6, 6.07) is 15.7. The summed E-state index contributed by atoms with van der Waals surface area (Å²) in [5.41, 5.74) is 2.23. The first-order valence-corrected chi connectivity index (χ1v) is 8.50. The molecule has 3 aromatic rings. The van der Waals surface area contributed by atoms with Gasteiger partial charge in [-0.25, -0.2) is 14.5 Å². The second kappa shape index (κ2) is 7.20. The minimum absolute atomic E-state index is 0.102. The third-order valence-electron chi connectivity index (χ3n) is 4.46. The number of aliphatic hydroxyl groups is 1. The smallest absolute Gasteiger partial charge is 0.337 e. The van der Waals surface area contributed by atoms with Gasteiger partial charge in [0.1, 0.15) is 6.10 Å². The van der Waals surface area contributed by atoms with Gasteiger partial charge in [-0.2, -0.15) is 0 Å². The summed E-state index contributed by atoms with van der Waals surface area (Å²) < 4.78 is 6.09. The van der Waals surface area contributed by atoms with Crippen molar-refractivity contribution >= 4 is 16.9 Å². The second-order valence-corrected chi connectivity index (χ2v) is 6.40. The van der Waals surface area contributed by atoms with Crippen molar-refractivity contribution in [3.05, 3.63) is 76.3 Å². The molecule has 0 fully saturated rings. The highest BCUT2D eigenvalue weighted by atomic mass is 16.5. The molecular formula is C20H21N3O4. The summed E-state index contributed by atoms with van der Waals surface area (Å²) in [4.78, 5) is 30.1. The van der Waals surface area contributed by atoms with Gasteiger partial charge in [0.05, 0.1) is 18.0 Å². The van der Waals surface area contributed by atoms with Crippen LogP contribution in [0.15, 0.2) is 59.4 Å². The van der Waals surface area contributed by atoms with E-state index in [4.69, 9.17) is 4.74 Å². The predicted molar refractivity (Wildman–Crippen MR) is 102 cm³/mol. The number of para-hydroxylation sites is 1. The molecule has 0 aliphatic carbocycles. The topological polar surface area (TPSA) is 93.4 Å². The van der Waals surface area contributed by atoms with Crippen LogP contribution in [-0.4, -0.2) is 27.8 Å². The highest BCUT2D eigenvalue weighted by Gasteiger charge is 2.38. The maximum atomic E-state index is 13.1. The van der Waals surface area contributed by atoms with Crippen LogP contribution in [0.1, 0.15) is 31.3 Å². The third-order valence-corrected chi connectivity index (χ3v) is 4.46. The minimum Gasteiger partial charge on any atom is -0.467 e. The molecule has 0 aliphatic heterocycles. The number of nitrogens with zero attached hydrogens (tertiary/aromatic N) is 2. The normalized spacial score (nSPS) is 14.4. The lowest BCUT2D eigenvalue weighted by molar-refractivity contribution is -0.146. The van der Waals surface area contributed by atoms with Crippen LogP contribution in [-0.2, 0) is 15.1 Å². The lowest BCUT2D eigenvalue weighted by atomic mass is 9.93. The minimum atomic E-state index is -1.37. The number of benzene rings is 2. The number of aliphatic hydroxyl groups excluding tert-OH is 1. The first-order chi connectivity index (χ1) is 12.9. The molecule has 2 N–H and O–H groups in total. The summed E-state index contributed by atoms with van der Waals surface area (Å²) in [6.07, 6.45) is -1.03. The van der Waals surface area contributed by atoms with E-state index in [-0.39, 0.29) is 5.82 Å². The highest BCUT2D eigenvalue weighted by molar-refractivity contribution is 5.84. The summed E-state index contributed by atoms with van der Waals surface area (Å²) in [5.74, 6) is -0.477. The van der Waals surface area contributed by atoms with Crippen LogP contribution in [0.2, 0.25) is 0 Å². The van der Waals surface area contributed by atoms with E-state index in [0.29, 0.717) is 16.5 Å². The Morgan fingerprint density at radius 2 is 1.81 bits per heavy atom. The van der Waals surface area contributed by atoms with Gasteiger partial charge in [0, 0.05) is 0 Å². The van der Waals surface area contributed by atoms with Crippen LogP contribution in [0.4, 0.5) is 0 Å². The van der Waals surface area contributed by atoms with Crippen LogP contribution in [0.25, 0.3) is 10.9 Å². The number of methoxy groups -OCH3 is 1. The van der Waals surface area contributed by atoms with Gasteiger partial charge in [-0.1, -0.05) is 42.5 Å². The molecule has 0 amide bonds. The van der Waals surface area contributed by atoms with Gasteiger partial charge in [0.25, 0.3) is 5.56 Å². The maximum absolute atomic E-state index is 13.1. The molecule has 3 rings (SSSR count).